The fourth-order valence-corrected chi connectivity index (χ4v) is 4.67. The summed E-state index contributed by atoms with van der Waals surface area (Å²) in [6.45, 7) is 6.77. The van der Waals surface area contributed by atoms with Crippen LogP contribution in [-0.2, 0) is 10.0 Å². The van der Waals surface area contributed by atoms with Gasteiger partial charge in [-0.05, 0) is 57.4 Å². The van der Waals surface area contributed by atoms with E-state index in [1.54, 1.807) is 16.4 Å². The minimum absolute atomic E-state index is 0.0802. The number of nitrogens with zero attached hydrogens (tertiary/aromatic N) is 1. The van der Waals surface area contributed by atoms with E-state index in [2.05, 4.69) is 12.2 Å². The molecule has 3 unspecified atom stereocenters. The molecule has 1 aromatic rings. The third-order valence-electron chi connectivity index (χ3n) is 4.46. The van der Waals surface area contributed by atoms with Gasteiger partial charge in [-0.3, -0.25) is 0 Å². The van der Waals surface area contributed by atoms with Crippen LogP contribution in [0.2, 0.25) is 0 Å². The van der Waals surface area contributed by atoms with Crippen LogP contribution in [0.5, 0.6) is 0 Å². The second-order valence-electron chi connectivity index (χ2n) is 6.19. The van der Waals surface area contributed by atoms with Gasteiger partial charge in [0.1, 0.15) is 0 Å². The Morgan fingerprint density at radius 3 is 2.67 bits per heavy atom. The lowest BCUT2D eigenvalue weighted by Crippen LogP contribution is -2.44. The van der Waals surface area contributed by atoms with Gasteiger partial charge in [-0.25, -0.2) is 8.42 Å². The normalized spacial score (nSPS) is 25.7. The number of piperidine rings is 1. The van der Waals surface area contributed by atoms with Crippen molar-refractivity contribution in [3.05, 3.63) is 29.8 Å². The zero-order valence-electron chi connectivity index (χ0n) is 13.3. The smallest absolute Gasteiger partial charge is 0.243 e. The molecule has 0 aliphatic carbocycles. The number of rotatable bonds is 4. The summed E-state index contributed by atoms with van der Waals surface area (Å²) in [5.74, 6) is 0.426. The van der Waals surface area contributed by atoms with Crippen molar-refractivity contribution in [3.8, 4) is 0 Å². The molecule has 2 rings (SSSR count). The molecule has 1 N–H and O–H groups in total. The Kier molecular flexibility index (Phi) is 5.07. The van der Waals surface area contributed by atoms with Gasteiger partial charge in [-0.1, -0.05) is 19.1 Å². The van der Waals surface area contributed by atoms with E-state index in [1.165, 1.54) is 0 Å². The predicted octanol–water partition coefficient (Wildman–Crippen LogP) is 2.78. The molecule has 0 spiro atoms. The predicted molar refractivity (Wildman–Crippen MR) is 85.7 cm³/mol. The van der Waals surface area contributed by atoms with Gasteiger partial charge in [-0.2, -0.15) is 4.31 Å². The van der Waals surface area contributed by atoms with Crippen LogP contribution in [0.15, 0.2) is 29.2 Å². The first kappa shape index (κ1) is 16.5. The first-order chi connectivity index (χ1) is 9.86. The van der Waals surface area contributed by atoms with Gasteiger partial charge < -0.3 is 5.32 Å². The third-order valence-corrected chi connectivity index (χ3v) is 6.43. The van der Waals surface area contributed by atoms with Crippen molar-refractivity contribution in [3.63, 3.8) is 0 Å². The highest BCUT2D eigenvalue weighted by atomic mass is 32.2. The molecule has 0 bridgehead atoms. The van der Waals surface area contributed by atoms with Crippen LogP contribution in [0.25, 0.3) is 0 Å². The van der Waals surface area contributed by atoms with Crippen LogP contribution in [0.3, 0.4) is 0 Å². The fourth-order valence-electron chi connectivity index (χ4n) is 2.83. The molecular formula is C16H26N2O2S. The molecule has 1 saturated heterocycles. The summed E-state index contributed by atoms with van der Waals surface area (Å²) in [7, 11) is -1.53. The minimum atomic E-state index is -3.40. The summed E-state index contributed by atoms with van der Waals surface area (Å²) >= 11 is 0. The SMILES string of the molecule is CNC(C)c1cccc(S(=O)(=O)N2CC(C)CCC2C)c1. The van der Waals surface area contributed by atoms with Crippen molar-refractivity contribution in [2.45, 2.75) is 50.6 Å². The van der Waals surface area contributed by atoms with Crippen LogP contribution in [0.1, 0.15) is 45.2 Å². The maximum absolute atomic E-state index is 12.9. The first-order valence-corrected chi connectivity index (χ1v) is 9.09. The quantitative estimate of drug-likeness (QED) is 0.930. The second kappa shape index (κ2) is 6.46. The minimum Gasteiger partial charge on any atom is -0.313 e. The van der Waals surface area contributed by atoms with E-state index >= 15 is 0 Å². The molecule has 0 radical (unpaired) electrons. The van der Waals surface area contributed by atoms with Gasteiger partial charge in [0.2, 0.25) is 10.0 Å². The van der Waals surface area contributed by atoms with E-state index in [4.69, 9.17) is 0 Å². The van der Waals surface area contributed by atoms with E-state index < -0.39 is 10.0 Å². The highest BCUT2D eigenvalue weighted by Crippen LogP contribution is 2.28. The highest BCUT2D eigenvalue weighted by molar-refractivity contribution is 7.89. The van der Waals surface area contributed by atoms with Gasteiger partial charge >= 0.3 is 0 Å². The fraction of sp³-hybridized carbons (Fsp3) is 0.625. The van der Waals surface area contributed by atoms with E-state index in [1.807, 2.05) is 33.0 Å². The summed E-state index contributed by atoms with van der Waals surface area (Å²) in [6.07, 6.45) is 2.04. The molecule has 118 valence electrons. The molecule has 1 aliphatic rings. The molecule has 0 saturated carbocycles. The summed E-state index contributed by atoms with van der Waals surface area (Å²) in [6, 6.07) is 7.50. The molecule has 4 nitrogen and oxygen atoms in total. The van der Waals surface area contributed by atoms with Gasteiger partial charge in [0, 0.05) is 18.6 Å². The van der Waals surface area contributed by atoms with Crippen LogP contribution in [-0.4, -0.2) is 32.4 Å². The van der Waals surface area contributed by atoms with Crippen molar-refractivity contribution in [2.75, 3.05) is 13.6 Å². The van der Waals surface area contributed by atoms with E-state index in [0.29, 0.717) is 17.4 Å². The Hall–Kier alpha value is -0.910. The maximum atomic E-state index is 12.9. The Morgan fingerprint density at radius 2 is 2.00 bits per heavy atom. The Labute approximate surface area is 128 Å². The van der Waals surface area contributed by atoms with Gasteiger partial charge in [0.05, 0.1) is 4.90 Å². The molecule has 1 aromatic carbocycles. The molecule has 1 heterocycles. The number of nitrogens with one attached hydrogen (secondary N) is 1. The average Bonchev–Trinajstić information content (AvgIpc) is 2.49. The number of hydrogen-bond donors (Lipinski definition) is 1. The van der Waals surface area contributed by atoms with Gasteiger partial charge in [0.15, 0.2) is 0 Å². The summed E-state index contributed by atoms with van der Waals surface area (Å²) in [4.78, 5) is 0.406. The Balaban J connectivity index is 2.35. The lowest BCUT2D eigenvalue weighted by molar-refractivity contribution is 0.218. The Bertz CT molecular complexity index is 586. The lowest BCUT2D eigenvalue weighted by Gasteiger charge is -2.35. The largest absolute Gasteiger partial charge is 0.313 e. The summed E-state index contributed by atoms with van der Waals surface area (Å²) in [5, 5.41) is 3.15. The summed E-state index contributed by atoms with van der Waals surface area (Å²) in [5.41, 5.74) is 0.997. The van der Waals surface area contributed by atoms with Crippen LogP contribution in [0, 0.1) is 5.92 Å². The lowest BCUT2D eigenvalue weighted by atomic mass is 9.97. The molecule has 1 fully saturated rings. The molecule has 5 heteroatoms. The zero-order valence-corrected chi connectivity index (χ0v) is 14.2. The van der Waals surface area contributed by atoms with Crippen molar-refractivity contribution in [1.29, 1.82) is 0 Å². The number of benzene rings is 1. The summed E-state index contributed by atoms with van der Waals surface area (Å²) < 4.78 is 27.5. The zero-order chi connectivity index (χ0) is 15.6. The van der Waals surface area contributed by atoms with Gasteiger partial charge in [-0.15, -0.1) is 0 Å². The van der Waals surface area contributed by atoms with Crippen LogP contribution in [0.4, 0.5) is 0 Å². The van der Waals surface area contributed by atoms with Crippen molar-refractivity contribution < 1.29 is 8.42 Å². The molecular weight excluding hydrogens is 284 g/mol. The van der Waals surface area contributed by atoms with Crippen LogP contribution < -0.4 is 5.32 Å². The van der Waals surface area contributed by atoms with Crippen molar-refractivity contribution in [2.24, 2.45) is 5.92 Å². The molecule has 0 amide bonds. The van der Waals surface area contributed by atoms with Crippen molar-refractivity contribution >= 4 is 10.0 Å². The monoisotopic (exact) mass is 310 g/mol. The Morgan fingerprint density at radius 1 is 1.29 bits per heavy atom. The number of sulfonamides is 1. The molecule has 1 aliphatic heterocycles. The molecule has 0 aromatic heterocycles. The highest BCUT2D eigenvalue weighted by Gasteiger charge is 2.33. The number of hydrogen-bond acceptors (Lipinski definition) is 3. The first-order valence-electron chi connectivity index (χ1n) is 7.65. The second-order valence-corrected chi connectivity index (χ2v) is 8.08. The topological polar surface area (TPSA) is 49.4 Å². The average molecular weight is 310 g/mol. The van der Waals surface area contributed by atoms with E-state index in [0.717, 1.165) is 18.4 Å². The van der Waals surface area contributed by atoms with E-state index in [-0.39, 0.29) is 12.1 Å². The van der Waals surface area contributed by atoms with Crippen molar-refractivity contribution in [1.82, 2.24) is 9.62 Å². The van der Waals surface area contributed by atoms with Gasteiger partial charge in [0.25, 0.3) is 0 Å². The molecule has 3 atom stereocenters. The molecule has 21 heavy (non-hydrogen) atoms. The van der Waals surface area contributed by atoms with Crippen LogP contribution >= 0.6 is 0 Å². The van der Waals surface area contributed by atoms with E-state index in [9.17, 15) is 8.42 Å². The maximum Gasteiger partial charge on any atom is 0.243 e. The standard InChI is InChI=1S/C16H26N2O2S/c1-12-8-9-13(2)18(11-12)21(19,20)16-7-5-6-15(10-16)14(3)17-4/h5-7,10,12-14,17H,8-9,11H2,1-4H3. The third kappa shape index (κ3) is 3.47.